The first-order chi connectivity index (χ1) is 15.7. The summed E-state index contributed by atoms with van der Waals surface area (Å²) in [5.74, 6) is 0.134. The molecule has 5 nitrogen and oxygen atoms in total. The molecule has 0 saturated heterocycles. The van der Waals surface area contributed by atoms with E-state index < -0.39 is 0 Å². The Balaban J connectivity index is 1.86. The Morgan fingerprint density at radius 3 is 2.25 bits per heavy atom. The van der Waals surface area contributed by atoms with Crippen molar-refractivity contribution in [2.45, 2.75) is 0 Å². The number of nitrogens with one attached hydrogen (secondary N) is 2. The Labute approximate surface area is 185 Å². The number of H-pyrrole nitrogens is 1. The van der Waals surface area contributed by atoms with Gasteiger partial charge in [-0.25, -0.2) is 4.98 Å². The molecule has 156 valence electrons. The number of para-hydroxylation sites is 1. The number of aromatic amines is 1. The summed E-state index contributed by atoms with van der Waals surface area (Å²) in [6.07, 6.45) is 1.61. The van der Waals surface area contributed by atoms with E-state index in [2.05, 4.69) is 10.3 Å². The van der Waals surface area contributed by atoms with Gasteiger partial charge in [-0.15, -0.1) is 0 Å². The predicted octanol–water partition coefficient (Wildman–Crippen LogP) is 5.67. The molecule has 0 spiro atoms. The maximum absolute atomic E-state index is 12.8. The van der Waals surface area contributed by atoms with Crippen molar-refractivity contribution < 1.29 is 5.11 Å². The van der Waals surface area contributed by atoms with Crippen molar-refractivity contribution >= 4 is 16.6 Å². The topological polar surface area (TPSA) is 78.0 Å². The third-order valence-corrected chi connectivity index (χ3v) is 5.60. The van der Waals surface area contributed by atoms with Crippen molar-refractivity contribution in [1.82, 2.24) is 9.97 Å². The zero-order chi connectivity index (χ0) is 22.1. The SMILES string of the molecule is CNc1ccc(-c2nc3c(-c4ccccc4O)c[nH]c(=O)c3cc2-c2ccccc2)cc1. The minimum atomic E-state index is -0.221. The smallest absolute Gasteiger partial charge is 0.257 e. The lowest BCUT2D eigenvalue weighted by molar-refractivity contribution is 0.477. The van der Waals surface area contributed by atoms with Crippen molar-refractivity contribution in [2.75, 3.05) is 12.4 Å². The molecule has 0 saturated carbocycles. The number of hydrogen-bond acceptors (Lipinski definition) is 4. The van der Waals surface area contributed by atoms with Crippen LogP contribution >= 0.6 is 0 Å². The fraction of sp³-hybridized carbons (Fsp3) is 0.0370. The summed E-state index contributed by atoms with van der Waals surface area (Å²) in [5.41, 5.74) is 6.17. The van der Waals surface area contributed by atoms with Crippen LogP contribution in [0.2, 0.25) is 0 Å². The van der Waals surface area contributed by atoms with E-state index in [1.54, 1.807) is 18.3 Å². The number of phenolic OH excluding ortho intramolecular Hbond substituents is 1. The first-order valence-corrected chi connectivity index (χ1v) is 10.3. The lowest BCUT2D eigenvalue weighted by Gasteiger charge is -2.14. The number of aromatic nitrogens is 2. The molecule has 0 aliphatic heterocycles. The molecule has 32 heavy (non-hydrogen) atoms. The van der Waals surface area contributed by atoms with Crippen molar-refractivity contribution in [2.24, 2.45) is 0 Å². The Kier molecular flexibility index (Phi) is 4.92. The van der Waals surface area contributed by atoms with Gasteiger partial charge in [0.25, 0.3) is 5.56 Å². The normalized spacial score (nSPS) is 10.9. The van der Waals surface area contributed by atoms with E-state index in [-0.39, 0.29) is 11.3 Å². The highest BCUT2D eigenvalue weighted by Crippen LogP contribution is 2.37. The highest BCUT2D eigenvalue weighted by molar-refractivity contribution is 5.99. The van der Waals surface area contributed by atoms with E-state index in [1.165, 1.54) is 0 Å². The Bertz CT molecular complexity index is 1470. The van der Waals surface area contributed by atoms with Gasteiger partial charge in [0, 0.05) is 41.2 Å². The number of nitrogens with zero attached hydrogens (tertiary/aromatic N) is 1. The van der Waals surface area contributed by atoms with Gasteiger partial charge in [-0.3, -0.25) is 4.79 Å². The molecule has 2 aromatic heterocycles. The molecular weight excluding hydrogens is 398 g/mol. The molecule has 0 fully saturated rings. The van der Waals surface area contributed by atoms with Gasteiger partial charge in [0.05, 0.1) is 16.6 Å². The third-order valence-electron chi connectivity index (χ3n) is 5.60. The highest BCUT2D eigenvalue weighted by atomic mass is 16.3. The van der Waals surface area contributed by atoms with Gasteiger partial charge in [-0.1, -0.05) is 60.7 Å². The largest absolute Gasteiger partial charge is 0.507 e. The second-order valence-electron chi connectivity index (χ2n) is 7.52. The summed E-state index contributed by atoms with van der Waals surface area (Å²) in [4.78, 5) is 20.6. The Morgan fingerprint density at radius 1 is 0.812 bits per heavy atom. The summed E-state index contributed by atoms with van der Waals surface area (Å²) < 4.78 is 0. The molecule has 0 atom stereocenters. The summed E-state index contributed by atoms with van der Waals surface area (Å²) >= 11 is 0. The van der Waals surface area contributed by atoms with Crippen LogP contribution in [0, 0.1) is 0 Å². The lowest BCUT2D eigenvalue weighted by Crippen LogP contribution is -2.08. The molecule has 0 bridgehead atoms. The molecule has 3 N–H and O–H groups in total. The van der Waals surface area contributed by atoms with Crippen molar-refractivity contribution in [3.05, 3.63) is 101 Å². The Hall–Kier alpha value is -4.38. The zero-order valence-corrected chi connectivity index (χ0v) is 17.5. The molecule has 0 aliphatic carbocycles. The molecule has 3 aromatic carbocycles. The predicted molar refractivity (Wildman–Crippen MR) is 130 cm³/mol. The van der Waals surface area contributed by atoms with Crippen LogP contribution in [0.15, 0.2) is 95.9 Å². The van der Waals surface area contributed by atoms with Gasteiger partial charge in [-0.05, 0) is 29.8 Å². The number of pyridine rings is 2. The van der Waals surface area contributed by atoms with Crippen LogP contribution in [-0.4, -0.2) is 22.1 Å². The van der Waals surface area contributed by atoms with Crippen LogP contribution in [0.5, 0.6) is 5.75 Å². The fourth-order valence-electron chi connectivity index (χ4n) is 3.93. The first kappa shape index (κ1) is 19.6. The number of rotatable bonds is 4. The average Bonchev–Trinajstić information content (AvgIpc) is 2.85. The quantitative estimate of drug-likeness (QED) is 0.351. The molecule has 5 rings (SSSR count). The maximum Gasteiger partial charge on any atom is 0.257 e. The second-order valence-corrected chi connectivity index (χ2v) is 7.52. The summed E-state index contributed by atoms with van der Waals surface area (Å²) in [7, 11) is 1.88. The molecule has 5 aromatic rings. The molecule has 0 unspecified atom stereocenters. The van der Waals surface area contributed by atoms with E-state index in [4.69, 9.17) is 4.98 Å². The summed E-state index contributed by atoms with van der Waals surface area (Å²) in [6, 6.07) is 26.9. The first-order valence-electron chi connectivity index (χ1n) is 10.3. The van der Waals surface area contributed by atoms with Crippen LogP contribution in [0.1, 0.15) is 0 Å². The highest BCUT2D eigenvalue weighted by Gasteiger charge is 2.17. The van der Waals surface area contributed by atoms with Gasteiger partial charge < -0.3 is 15.4 Å². The molecule has 0 amide bonds. The summed E-state index contributed by atoms with van der Waals surface area (Å²) in [6.45, 7) is 0. The number of phenols is 1. The van der Waals surface area contributed by atoms with Gasteiger partial charge in [0.2, 0.25) is 0 Å². The molecule has 5 heteroatoms. The molecular formula is C27H21N3O2. The number of hydrogen-bond donors (Lipinski definition) is 3. The lowest BCUT2D eigenvalue weighted by atomic mass is 9.96. The second kappa shape index (κ2) is 8.04. The van der Waals surface area contributed by atoms with Gasteiger partial charge >= 0.3 is 0 Å². The standard InChI is InChI=1S/C27H21N3O2/c1-28-19-13-11-18(12-14-19)25-21(17-7-3-2-4-8-17)15-22-26(30-25)23(16-29-27(22)32)20-9-5-6-10-24(20)31/h2-16,28,31H,1H3,(H,29,32). The molecule has 0 radical (unpaired) electrons. The van der Waals surface area contributed by atoms with Gasteiger partial charge in [0.15, 0.2) is 0 Å². The summed E-state index contributed by atoms with van der Waals surface area (Å²) in [5, 5.41) is 14.0. The zero-order valence-electron chi connectivity index (χ0n) is 17.5. The monoisotopic (exact) mass is 419 g/mol. The van der Waals surface area contributed by atoms with Gasteiger partial charge in [-0.2, -0.15) is 0 Å². The number of fused-ring (bicyclic) bond motifs is 1. The van der Waals surface area contributed by atoms with Crippen molar-refractivity contribution in [1.29, 1.82) is 0 Å². The van der Waals surface area contributed by atoms with Crippen LogP contribution in [0.25, 0.3) is 44.4 Å². The maximum atomic E-state index is 12.8. The molecule has 0 aliphatic rings. The van der Waals surface area contributed by atoms with Crippen LogP contribution < -0.4 is 10.9 Å². The van der Waals surface area contributed by atoms with E-state index in [1.807, 2.05) is 79.8 Å². The van der Waals surface area contributed by atoms with E-state index in [0.717, 1.165) is 28.1 Å². The van der Waals surface area contributed by atoms with E-state index in [0.29, 0.717) is 22.0 Å². The van der Waals surface area contributed by atoms with Gasteiger partial charge in [0.1, 0.15) is 5.75 Å². The van der Waals surface area contributed by atoms with Crippen LogP contribution in [-0.2, 0) is 0 Å². The molecule has 2 heterocycles. The number of aromatic hydroxyl groups is 1. The van der Waals surface area contributed by atoms with Crippen LogP contribution in [0.3, 0.4) is 0 Å². The minimum absolute atomic E-state index is 0.134. The third kappa shape index (κ3) is 3.40. The Morgan fingerprint density at radius 2 is 1.53 bits per heavy atom. The number of anilines is 1. The number of benzene rings is 3. The minimum Gasteiger partial charge on any atom is -0.507 e. The van der Waals surface area contributed by atoms with E-state index >= 15 is 0 Å². The van der Waals surface area contributed by atoms with Crippen molar-refractivity contribution in [3.63, 3.8) is 0 Å². The fourth-order valence-corrected chi connectivity index (χ4v) is 3.93. The van der Waals surface area contributed by atoms with E-state index in [9.17, 15) is 9.90 Å². The average molecular weight is 419 g/mol. The van der Waals surface area contributed by atoms with Crippen LogP contribution in [0.4, 0.5) is 5.69 Å². The van der Waals surface area contributed by atoms with Crippen molar-refractivity contribution in [3.8, 4) is 39.3 Å².